The maximum absolute atomic E-state index is 11.3. The van der Waals surface area contributed by atoms with Gasteiger partial charge in [0.2, 0.25) is 5.91 Å². The molecule has 0 radical (unpaired) electrons. The van der Waals surface area contributed by atoms with E-state index in [0.29, 0.717) is 16.3 Å². The number of hydrogen-bond acceptors (Lipinski definition) is 5. The first-order valence-electron chi connectivity index (χ1n) is 8.05. The molecule has 2 heterocycles. The van der Waals surface area contributed by atoms with Crippen molar-refractivity contribution in [1.82, 2.24) is 4.98 Å². The summed E-state index contributed by atoms with van der Waals surface area (Å²) >= 11 is 1.46. The summed E-state index contributed by atoms with van der Waals surface area (Å²) in [5, 5.41) is 22.4. The number of para-hydroxylation sites is 1. The average Bonchev–Trinajstić information content (AvgIpc) is 3.14. The third kappa shape index (κ3) is 2.82. The average molecular weight is 364 g/mol. The normalized spacial score (nSPS) is 14.3. The Kier molecular flexibility index (Phi) is 3.93. The Labute approximate surface area is 153 Å². The third-order valence-corrected chi connectivity index (χ3v) is 5.14. The summed E-state index contributed by atoms with van der Waals surface area (Å²) in [6, 6.07) is 15.0. The van der Waals surface area contributed by atoms with Crippen LogP contribution >= 0.6 is 11.3 Å². The standard InChI is InChI=1S/C19H16N4O2S/c1-11(24)21-12-5-4-6-13(9-12)23-10-15(25)17(18(23)20)19-22-14-7-2-3-8-16(14)26-19/h2-9,20,25H,10H2,1H3,(H,21,24). The van der Waals surface area contributed by atoms with Gasteiger partial charge in [-0.2, -0.15) is 0 Å². The van der Waals surface area contributed by atoms with Gasteiger partial charge in [0.25, 0.3) is 0 Å². The number of rotatable bonds is 3. The summed E-state index contributed by atoms with van der Waals surface area (Å²) in [5.74, 6) is 0.162. The number of nitrogens with zero attached hydrogens (tertiary/aromatic N) is 2. The van der Waals surface area contributed by atoms with Gasteiger partial charge in [0.15, 0.2) is 0 Å². The van der Waals surface area contributed by atoms with Crippen LogP contribution in [0.2, 0.25) is 0 Å². The number of aliphatic hydroxyl groups excluding tert-OH is 1. The minimum atomic E-state index is -0.158. The van der Waals surface area contributed by atoms with E-state index in [-0.39, 0.29) is 24.0 Å². The molecule has 2 aromatic carbocycles. The SMILES string of the molecule is CC(=O)Nc1cccc(N2CC(O)=C(c3nc4ccccc4s3)C2=N)c1. The molecule has 7 heteroatoms. The number of aliphatic hydroxyl groups is 1. The number of aromatic nitrogens is 1. The third-order valence-electron chi connectivity index (χ3n) is 4.09. The van der Waals surface area contributed by atoms with Crippen LogP contribution < -0.4 is 10.2 Å². The van der Waals surface area contributed by atoms with Crippen LogP contribution in [0.3, 0.4) is 0 Å². The van der Waals surface area contributed by atoms with E-state index in [9.17, 15) is 9.90 Å². The van der Waals surface area contributed by atoms with E-state index in [4.69, 9.17) is 5.41 Å². The van der Waals surface area contributed by atoms with E-state index >= 15 is 0 Å². The van der Waals surface area contributed by atoms with Crippen molar-refractivity contribution in [2.75, 3.05) is 16.8 Å². The fourth-order valence-electron chi connectivity index (χ4n) is 2.96. The van der Waals surface area contributed by atoms with Crippen LogP contribution in [-0.2, 0) is 4.79 Å². The second-order valence-corrected chi connectivity index (χ2v) is 7.01. The predicted molar refractivity (Wildman–Crippen MR) is 105 cm³/mol. The van der Waals surface area contributed by atoms with Crippen molar-refractivity contribution in [3.63, 3.8) is 0 Å². The molecule has 1 aromatic heterocycles. The lowest BCUT2D eigenvalue weighted by molar-refractivity contribution is -0.114. The number of carbonyl (C=O) groups excluding carboxylic acids is 1. The van der Waals surface area contributed by atoms with Gasteiger partial charge in [-0.3, -0.25) is 10.2 Å². The Morgan fingerprint density at radius 3 is 2.85 bits per heavy atom. The number of thiazole rings is 1. The number of amides is 1. The molecule has 0 atom stereocenters. The van der Waals surface area contributed by atoms with Crippen LogP contribution in [0.1, 0.15) is 11.9 Å². The molecule has 0 saturated carbocycles. The molecule has 0 saturated heterocycles. The van der Waals surface area contributed by atoms with Crippen molar-refractivity contribution in [2.45, 2.75) is 6.92 Å². The van der Waals surface area contributed by atoms with Crippen molar-refractivity contribution in [2.24, 2.45) is 0 Å². The minimum Gasteiger partial charge on any atom is -0.510 e. The van der Waals surface area contributed by atoms with Crippen molar-refractivity contribution < 1.29 is 9.90 Å². The van der Waals surface area contributed by atoms with Gasteiger partial charge in [0, 0.05) is 18.3 Å². The quantitative estimate of drug-likeness (QED) is 0.655. The molecule has 3 aromatic rings. The van der Waals surface area contributed by atoms with Gasteiger partial charge in [0.05, 0.1) is 22.3 Å². The Morgan fingerprint density at radius 1 is 1.27 bits per heavy atom. The minimum absolute atomic E-state index is 0.124. The topological polar surface area (TPSA) is 89.3 Å². The van der Waals surface area contributed by atoms with Gasteiger partial charge in [-0.05, 0) is 30.3 Å². The summed E-state index contributed by atoms with van der Waals surface area (Å²) < 4.78 is 1.02. The van der Waals surface area contributed by atoms with Gasteiger partial charge in [0.1, 0.15) is 16.6 Å². The summed E-state index contributed by atoms with van der Waals surface area (Å²) in [5.41, 5.74) is 2.68. The molecule has 1 aliphatic heterocycles. The van der Waals surface area contributed by atoms with Crippen LogP contribution in [-0.4, -0.2) is 28.4 Å². The number of benzene rings is 2. The van der Waals surface area contributed by atoms with Gasteiger partial charge < -0.3 is 15.3 Å². The second-order valence-electron chi connectivity index (χ2n) is 5.97. The van der Waals surface area contributed by atoms with E-state index in [1.807, 2.05) is 30.3 Å². The van der Waals surface area contributed by atoms with Crippen LogP contribution in [0, 0.1) is 5.41 Å². The van der Waals surface area contributed by atoms with E-state index in [2.05, 4.69) is 10.3 Å². The Hall–Kier alpha value is -3.19. The number of fused-ring (bicyclic) bond motifs is 1. The van der Waals surface area contributed by atoms with Gasteiger partial charge in [-0.25, -0.2) is 4.98 Å². The molecule has 1 amide bonds. The van der Waals surface area contributed by atoms with Crippen molar-refractivity contribution in [3.05, 3.63) is 59.3 Å². The highest BCUT2D eigenvalue weighted by Crippen LogP contribution is 2.35. The lowest BCUT2D eigenvalue weighted by Crippen LogP contribution is -2.26. The van der Waals surface area contributed by atoms with Gasteiger partial charge in [-0.15, -0.1) is 11.3 Å². The lowest BCUT2D eigenvalue weighted by atomic mass is 10.2. The molecular formula is C19H16N4O2S. The van der Waals surface area contributed by atoms with Crippen LogP contribution in [0.25, 0.3) is 15.8 Å². The molecule has 0 fully saturated rings. The van der Waals surface area contributed by atoms with Crippen molar-refractivity contribution >= 4 is 50.2 Å². The summed E-state index contributed by atoms with van der Waals surface area (Å²) in [4.78, 5) is 17.5. The largest absolute Gasteiger partial charge is 0.510 e. The fourth-order valence-corrected chi connectivity index (χ4v) is 3.99. The molecule has 0 unspecified atom stereocenters. The number of hydrogen-bond donors (Lipinski definition) is 3. The van der Waals surface area contributed by atoms with E-state index < -0.39 is 0 Å². The second kappa shape index (κ2) is 6.27. The lowest BCUT2D eigenvalue weighted by Gasteiger charge is -2.19. The molecule has 0 aliphatic carbocycles. The number of amidine groups is 1. The molecule has 26 heavy (non-hydrogen) atoms. The highest BCUT2D eigenvalue weighted by atomic mass is 32.1. The maximum Gasteiger partial charge on any atom is 0.221 e. The molecular weight excluding hydrogens is 348 g/mol. The first kappa shape index (κ1) is 16.3. The molecule has 1 aliphatic rings. The van der Waals surface area contributed by atoms with Crippen molar-refractivity contribution in [3.8, 4) is 0 Å². The maximum atomic E-state index is 11.3. The van der Waals surface area contributed by atoms with Crippen LogP contribution in [0.15, 0.2) is 54.3 Å². The number of nitrogens with one attached hydrogen (secondary N) is 2. The number of carbonyl (C=O) groups is 1. The molecule has 6 nitrogen and oxygen atoms in total. The zero-order chi connectivity index (χ0) is 18.3. The fraction of sp³-hybridized carbons (Fsp3) is 0.105. The first-order chi connectivity index (χ1) is 12.5. The zero-order valence-electron chi connectivity index (χ0n) is 14.0. The summed E-state index contributed by atoms with van der Waals surface area (Å²) in [6.07, 6.45) is 0. The predicted octanol–water partition coefficient (Wildman–Crippen LogP) is 4.02. The van der Waals surface area contributed by atoms with Crippen molar-refractivity contribution in [1.29, 1.82) is 5.41 Å². The van der Waals surface area contributed by atoms with Crippen LogP contribution in [0.5, 0.6) is 0 Å². The zero-order valence-corrected chi connectivity index (χ0v) is 14.8. The number of anilines is 2. The van der Waals surface area contributed by atoms with Gasteiger partial charge in [-0.1, -0.05) is 18.2 Å². The molecule has 4 rings (SSSR count). The summed E-state index contributed by atoms with van der Waals surface area (Å²) in [6.45, 7) is 1.65. The highest BCUT2D eigenvalue weighted by Gasteiger charge is 2.31. The summed E-state index contributed by atoms with van der Waals surface area (Å²) in [7, 11) is 0. The monoisotopic (exact) mass is 364 g/mol. The van der Waals surface area contributed by atoms with Gasteiger partial charge >= 0.3 is 0 Å². The van der Waals surface area contributed by atoms with E-state index in [1.165, 1.54) is 18.3 Å². The highest BCUT2D eigenvalue weighted by molar-refractivity contribution is 7.19. The first-order valence-corrected chi connectivity index (χ1v) is 8.87. The molecule has 0 bridgehead atoms. The Morgan fingerprint density at radius 2 is 2.08 bits per heavy atom. The molecule has 130 valence electrons. The Bertz CT molecular complexity index is 1040. The Balaban J connectivity index is 1.67. The molecule has 3 N–H and O–H groups in total. The van der Waals surface area contributed by atoms with E-state index in [0.717, 1.165) is 15.9 Å². The molecule has 0 spiro atoms. The smallest absolute Gasteiger partial charge is 0.221 e. The van der Waals surface area contributed by atoms with E-state index in [1.54, 1.807) is 23.1 Å². The van der Waals surface area contributed by atoms with Crippen LogP contribution in [0.4, 0.5) is 11.4 Å².